The Balaban J connectivity index is 1.56. The van der Waals surface area contributed by atoms with Crippen LogP contribution >= 0.6 is 22.7 Å². The molecule has 0 aliphatic heterocycles. The number of aryl methyl sites for hydroxylation is 1. The van der Waals surface area contributed by atoms with E-state index in [-0.39, 0.29) is 11.9 Å². The second-order valence-corrected chi connectivity index (χ2v) is 7.76. The standard InChI is InChI=1S/C19H18FN3S2/c1-12-15-9-14(20)2-3-16(15)23-18(12)10-22-17(19-21-5-7-25-19)8-13-4-6-24-11-13/h2-7,9,11,17,22-23H,8,10H2,1H3/t17-/m1/s1. The summed E-state index contributed by atoms with van der Waals surface area (Å²) in [5.41, 5.74) is 4.47. The van der Waals surface area contributed by atoms with Gasteiger partial charge in [-0.3, -0.25) is 0 Å². The fourth-order valence-corrected chi connectivity index (χ4v) is 4.45. The van der Waals surface area contributed by atoms with Crippen molar-refractivity contribution in [2.45, 2.75) is 25.9 Å². The van der Waals surface area contributed by atoms with Crippen molar-refractivity contribution in [1.29, 1.82) is 0 Å². The summed E-state index contributed by atoms with van der Waals surface area (Å²) in [5.74, 6) is -0.202. The molecule has 0 spiro atoms. The van der Waals surface area contributed by atoms with E-state index in [1.165, 1.54) is 11.6 Å². The van der Waals surface area contributed by atoms with Crippen LogP contribution in [-0.4, -0.2) is 9.97 Å². The van der Waals surface area contributed by atoms with Crippen molar-refractivity contribution in [2.75, 3.05) is 0 Å². The van der Waals surface area contributed by atoms with Gasteiger partial charge >= 0.3 is 0 Å². The molecule has 0 radical (unpaired) electrons. The zero-order chi connectivity index (χ0) is 17.2. The first-order valence-electron chi connectivity index (χ1n) is 8.11. The summed E-state index contributed by atoms with van der Waals surface area (Å²) in [7, 11) is 0. The Morgan fingerprint density at radius 1 is 1.28 bits per heavy atom. The number of aromatic nitrogens is 2. The third-order valence-electron chi connectivity index (χ3n) is 4.42. The van der Waals surface area contributed by atoms with Gasteiger partial charge in [-0.15, -0.1) is 11.3 Å². The molecule has 4 aromatic rings. The van der Waals surface area contributed by atoms with Crippen LogP contribution in [0.5, 0.6) is 0 Å². The molecular weight excluding hydrogens is 353 g/mol. The monoisotopic (exact) mass is 371 g/mol. The summed E-state index contributed by atoms with van der Waals surface area (Å²) in [5, 5.41) is 11.9. The maximum atomic E-state index is 13.5. The van der Waals surface area contributed by atoms with Gasteiger partial charge in [0, 0.05) is 34.7 Å². The lowest BCUT2D eigenvalue weighted by Gasteiger charge is -2.16. The number of rotatable bonds is 6. The van der Waals surface area contributed by atoms with Crippen LogP contribution in [0.3, 0.4) is 0 Å². The Kier molecular flexibility index (Phi) is 4.65. The van der Waals surface area contributed by atoms with Gasteiger partial charge in [0.05, 0.1) is 6.04 Å². The molecule has 1 aromatic carbocycles. The minimum atomic E-state index is -0.202. The maximum Gasteiger partial charge on any atom is 0.123 e. The molecule has 3 aromatic heterocycles. The Hall–Kier alpha value is -2.02. The quantitative estimate of drug-likeness (QED) is 0.489. The molecule has 0 aliphatic carbocycles. The number of thiazole rings is 1. The van der Waals surface area contributed by atoms with Crippen LogP contribution in [0, 0.1) is 12.7 Å². The fraction of sp³-hybridized carbons (Fsp3) is 0.211. The summed E-state index contributed by atoms with van der Waals surface area (Å²) in [6.07, 6.45) is 2.75. The lowest BCUT2D eigenvalue weighted by atomic mass is 10.1. The first-order chi connectivity index (χ1) is 12.2. The maximum absolute atomic E-state index is 13.5. The number of thiophene rings is 1. The third-order valence-corrected chi connectivity index (χ3v) is 6.04. The Morgan fingerprint density at radius 2 is 2.20 bits per heavy atom. The van der Waals surface area contributed by atoms with E-state index in [1.807, 2.05) is 18.5 Å². The summed E-state index contributed by atoms with van der Waals surface area (Å²) >= 11 is 3.38. The Labute approximate surface area is 153 Å². The van der Waals surface area contributed by atoms with E-state index >= 15 is 0 Å². The van der Waals surface area contributed by atoms with Crippen molar-refractivity contribution in [3.05, 3.63) is 74.2 Å². The molecule has 0 bridgehead atoms. The van der Waals surface area contributed by atoms with Crippen molar-refractivity contribution in [3.8, 4) is 0 Å². The molecule has 0 fully saturated rings. The Morgan fingerprint density at radius 3 is 2.96 bits per heavy atom. The molecule has 0 unspecified atom stereocenters. The van der Waals surface area contributed by atoms with E-state index in [0.717, 1.165) is 33.6 Å². The zero-order valence-corrected chi connectivity index (χ0v) is 15.4. The van der Waals surface area contributed by atoms with Crippen LogP contribution in [0.4, 0.5) is 4.39 Å². The minimum absolute atomic E-state index is 0.164. The molecule has 4 rings (SSSR count). The van der Waals surface area contributed by atoms with Gasteiger partial charge < -0.3 is 10.3 Å². The predicted molar refractivity (Wildman–Crippen MR) is 103 cm³/mol. The van der Waals surface area contributed by atoms with E-state index in [2.05, 4.69) is 32.1 Å². The van der Waals surface area contributed by atoms with Gasteiger partial charge in [0.25, 0.3) is 0 Å². The third kappa shape index (κ3) is 3.51. The molecule has 0 saturated heterocycles. The van der Waals surface area contributed by atoms with Crippen molar-refractivity contribution in [3.63, 3.8) is 0 Å². The molecular formula is C19H18FN3S2. The van der Waals surface area contributed by atoms with Crippen molar-refractivity contribution in [1.82, 2.24) is 15.3 Å². The second kappa shape index (κ2) is 7.07. The highest BCUT2D eigenvalue weighted by atomic mass is 32.1. The molecule has 128 valence electrons. The number of benzene rings is 1. The number of halogens is 1. The molecule has 3 heterocycles. The normalized spacial score (nSPS) is 12.7. The predicted octanol–water partition coefficient (Wildman–Crippen LogP) is 5.21. The summed E-state index contributed by atoms with van der Waals surface area (Å²) < 4.78 is 13.5. The van der Waals surface area contributed by atoms with Crippen LogP contribution in [-0.2, 0) is 13.0 Å². The van der Waals surface area contributed by atoms with Gasteiger partial charge in [-0.2, -0.15) is 11.3 Å². The highest BCUT2D eigenvalue weighted by Crippen LogP contribution is 2.25. The van der Waals surface area contributed by atoms with Crippen LogP contribution < -0.4 is 5.32 Å². The van der Waals surface area contributed by atoms with E-state index in [0.29, 0.717) is 6.54 Å². The molecule has 25 heavy (non-hydrogen) atoms. The molecule has 0 amide bonds. The number of H-pyrrole nitrogens is 1. The molecule has 3 nitrogen and oxygen atoms in total. The van der Waals surface area contributed by atoms with Gasteiger partial charge in [0.15, 0.2) is 0 Å². The number of fused-ring (bicyclic) bond motifs is 1. The number of hydrogen-bond acceptors (Lipinski definition) is 4. The van der Waals surface area contributed by atoms with Gasteiger partial charge in [-0.25, -0.2) is 9.37 Å². The highest BCUT2D eigenvalue weighted by Gasteiger charge is 2.16. The highest BCUT2D eigenvalue weighted by molar-refractivity contribution is 7.09. The van der Waals surface area contributed by atoms with Crippen LogP contribution in [0.1, 0.15) is 27.9 Å². The number of aromatic amines is 1. The number of hydrogen-bond donors (Lipinski definition) is 2. The van der Waals surface area contributed by atoms with E-state index < -0.39 is 0 Å². The minimum Gasteiger partial charge on any atom is -0.357 e. The van der Waals surface area contributed by atoms with E-state index in [4.69, 9.17) is 0 Å². The second-order valence-electron chi connectivity index (χ2n) is 6.06. The summed E-state index contributed by atoms with van der Waals surface area (Å²) in [6, 6.07) is 7.20. The summed E-state index contributed by atoms with van der Waals surface area (Å²) in [4.78, 5) is 7.89. The largest absolute Gasteiger partial charge is 0.357 e. The lowest BCUT2D eigenvalue weighted by Crippen LogP contribution is -2.23. The van der Waals surface area contributed by atoms with Crippen LogP contribution in [0.25, 0.3) is 10.9 Å². The van der Waals surface area contributed by atoms with Gasteiger partial charge in [-0.1, -0.05) is 0 Å². The number of nitrogens with zero attached hydrogens (tertiary/aromatic N) is 1. The smallest absolute Gasteiger partial charge is 0.123 e. The van der Waals surface area contributed by atoms with Crippen LogP contribution in [0.2, 0.25) is 0 Å². The fourth-order valence-electron chi connectivity index (χ4n) is 3.05. The van der Waals surface area contributed by atoms with Crippen LogP contribution in [0.15, 0.2) is 46.6 Å². The van der Waals surface area contributed by atoms with E-state index in [1.54, 1.807) is 34.8 Å². The van der Waals surface area contributed by atoms with Crippen molar-refractivity contribution < 1.29 is 4.39 Å². The number of nitrogens with one attached hydrogen (secondary N) is 2. The average molecular weight is 372 g/mol. The Bertz CT molecular complexity index is 958. The van der Waals surface area contributed by atoms with Gasteiger partial charge in [0.2, 0.25) is 0 Å². The van der Waals surface area contributed by atoms with E-state index in [9.17, 15) is 4.39 Å². The van der Waals surface area contributed by atoms with Crippen molar-refractivity contribution in [2.24, 2.45) is 0 Å². The molecule has 2 N–H and O–H groups in total. The van der Waals surface area contributed by atoms with Crippen molar-refractivity contribution >= 4 is 33.6 Å². The zero-order valence-electron chi connectivity index (χ0n) is 13.8. The summed E-state index contributed by atoms with van der Waals surface area (Å²) in [6.45, 7) is 2.73. The first-order valence-corrected chi connectivity index (χ1v) is 9.93. The van der Waals surface area contributed by atoms with Gasteiger partial charge in [-0.05, 0) is 59.5 Å². The molecule has 0 saturated carbocycles. The average Bonchev–Trinajstić information content (AvgIpc) is 3.34. The first kappa shape index (κ1) is 16.4. The topological polar surface area (TPSA) is 40.7 Å². The molecule has 0 aliphatic rings. The molecule has 6 heteroatoms. The van der Waals surface area contributed by atoms with Gasteiger partial charge in [0.1, 0.15) is 10.8 Å². The lowest BCUT2D eigenvalue weighted by molar-refractivity contribution is 0.524. The molecule has 1 atom stereocenters. The SMILES string of the molecule is Cc1c(CN[C@H](Cc2ccsc2)c2nccs2)[nH]c2ccc(F)cc12.